The van der Waals surface area contributed by atoms with Crippen LogP contribution in [0.3, 0.4) is 0 Å². The molecule has 0 aliphatic rings. The van der Waals surface area contributed by atoms with Gasteiger partial charge in [0.1, 0.15) is 0 Å². The van der Waals surface area contributed by atoms with Crippen molar-refractivity contribution in [3.8, 4) is 0 Å². The molecule has 0 aliphatic heterocycles. The van der Waals surface area contributed by atoms with Gasteiger partial charge in [0.2, 0.25) is 5.91 Å². The summed E-state index contributed by atoms with van der Waals surface area (Å²) in [5.41, 5.74) is 4.75. The van der Waals surface area contributed by atoms with Gasteiger partial charge in [0, 0.05) is 0 Å². The summed E-state index contributed by atoms with van der Waals surface area (Å²) in [7, 11) is 0. The summed E-state index contributed by atoms with van der Waals surface area (Å²) in [5, 5.41) is 0. The third-order valence-electron chi connectivity index (χ3n) is 0.781. The topological polar surface area (TPSA) is 69.4 Å². The van der Waals surface area contributed by atoms with Gasteiger partial charge in [0.15, 0.2) is 0 Å². The van der Waals surface area contributed by atoms with E-state index in [0.29, 0.717) is 0 Å². The van der Waals surface area contributed by atoms with Crippen LogP contribution in [0.4, 0.5) is 0 Å². The standard InChI is InChI=1S/C7H9NO3/c1-2-11-7(10)5-3-4-6(8)9/h2-4H,1,5H2,(H2,8,9). The molecular formula is C7H9NO3. The van der Waals surface area contributed by atoms with Gasteiger partial charge in [-0.15, -0.1) is 0 Å². The van der Waals surface area contributed by atoms with Crippen molar-refractivity contribution >= 4 is 11.9 Å². The summed E-state index contributed by atoms with van der Waals surface area (Å²) < 4.78 is 4.35. The molecule has 4 nitrogen and oxygen atoms in total. The second kappa shape index (κ2) is 5.22. The molecule has 0 saturated carbocycles. The Bertz CT molecular complexity index is 196. The van der Waals surface area contributed by atoms with Crippen molar-refractivity contribution in [2.75, 3.05) is 0 Å². The van der Waals surface area contributed by atoms with Crippen molar-refractivity contribution in [3.05, 3.63) is 25.0 Å². The summed E-state index contributed by atoms with van der Waals surface area (Å²) in [5.74, 6) is -1.06. The predicted molar refractivity (Wildman–Crippen MR) is 39.2 cm³/mol. The summed E-state index contributed by atoms with van der Waals surface area (Å²) in [4.78, 5) is 20.6. The van der Waals surface area contributed by atoms with Crippen LogP contribution in [0.5, 0.6) is 0 Å². The Labute approximate surface area is 64.3 Å². The van der Waals surface area contributed by atoms with Crippen molar-refractivity contribution in [3.63, 3.8) is 0 Å². The van der Waals surface area contributed by atoms with Gasteiger partial charge in [0.25, 0.3) is 0 Å². The van der Waals surface area contributed by atoms with Crippen LogP contribution in [0.25, 0.3) is 0 Å². The fourth-order valence-electron chi connectivity index (χ4n) is 0.412. The second-order valence-electron chi connectivity index (χ2n) is 1.67. The number of carbonyl (C=O) groups is 2. The minimum Gasteiger partial charge on any atom is -0.435 e. The zero-order valence-electron chi connectivity index (χ0n) is 5.95. The Morgan fingerprint density at radius 2 is 2.18 bits per heavy atom. The van der Waals surface area contributed by atoms with Gasteiger partial charge in [-0.2, -0.15) is 0 Å². The molecule has 0 unspecified atom stereocenters. The lowest BCUT2D eigenvalue weighted by atomic mass is 10.4. The number of esters is 1. The van der Waals surface area contributed by atoms with E-state index >= 15 is 0 Å². The van der Waals surface area contributed by atoms with E-state index in [4.69, 9.17) is 5.73 Å². The van der Waals surface area contributed by atoms with Crippen molar-refractivity contribution in [1.29, 1.82) is 0 Å². The Balaban J connectivity index is 3.61. The van der Waals surface area contributed by atoms with E-state index in [1.54, 1.807) is 0 Å². The molecule has 0 rings (SSSR count). The third-order valence-corrected chi connectivity index (χ3v) is 0.781. The number of rotatable bonds is 4. The van der Waals surface area contributed by atoms with Crippen LogP contribution in [0.1, 0.15) is 6.42 Å². The summed E-state index contributed by atoms with van der Waals surface area (Å²) in [6, 6.07) is 0. The lowest BCUT2D eigenvalue weighted by Gasteiger charge is -1.91. The first kappa shape index (κ1) is 9.42. The Morgan fingerprint density at radius 1 is 1.55 bits per heavy atom. The maximum absolute atomic E-state index is 10.5. The van der Waals surface area contributed by atoms with Crippen LogP contribution in [-0.4, -0.2) is 11.9 Å². The smallest absolute Gasteiger partial charge is 0.314 e. The fraction of sp³-hybridized carbons (Fsp3) is 0.143. The van der Waals surface area contributed by atoms with Crippen molar-refractivity contribution < 1.29 is 14.3 Å². The van der Waals surface area contributed by atoms with E-state index < -0.39 is 11.9 Å². The van der Waals surface area contributed by atoms with Crippen molar-refractivity contribution in [2.45, 2.75) is 6.42 Å². The fourth-order valence-corrected chi connectivity index (χ4v) is 0.412. The molecule has 4 heteroatoms. The number of primary amides is 1. The molecule has 0 bridgehead atoms. The molecule has 1 amide bonds. The van der Waals surface area contributed by atoms with E-state index in [1.807, 2.05) is 0 Å². The SMILES string of the molecule is C=COC(=O)CC=CC(N)=O. The largest absolute Gasteiger partial charge is 0.435 e. The first-order chi connectivity index (χ1) is 5.16. The highest BCUT2D eigenvalue weighted by Gasteiger charge is 1.95. The minimum atomic E-state index is -0.587. The van der Waals surface area contributed by atoms with E-state index in [2.05, 4.69) is 11.3 Å². The van der Waals surface area contributed by atoms with Gasteiger partial charge in [-0.1, -0.05) is 12.7 Å². The van der Waals surface area contributed by atoms with Gasteiger partial charge >= 0.3 is 5.97 Å². The molecule has 0 aliphatic carbocycles. The average molecular weight is 155 g/mol. The van der Waals surface area contributed by atoms with Gasteiger partial charge in [-0.05, 0) is 6.08 Å². The van der Waals surface area contributed by atoms with Crippen molar-refractivity contribution in [1.82, 2.24) is 0 Å². The monoisotopic (exact) mass is 155 g/mol. The zero-order chi connectivity index (χ0) is 8.69. The number of hydrogen-bond acceptors (Lipinski definition) is 3. The highest BCUT2D eigenvalue weighted by molar-refractivity contribution is 5.86. The molecule has 0 saturated heterocycles. The van der Waals surface area contributed by atoms with Crippen LogP contribution in [0.2, 0.25) is 0 Å². The Morgan fingerprint density at radius 3 is 2.64 bits per heavy atom. The van der Waals surface area contributed by atoms with Crippen LogP contribution >= 0.6 is 0 Å². The van der Waals surface area contributed by atoms with Gasteiger partial charge in [0.05, 0.1) is 12.7 Å². The van der Waals surface area contributed by atoms with Crippen LogP contribution < -0.4 is 5.73 Å². The molecule has 0 spiro atoms. The molecule has 2 N–H and O–H groups in total. The minimum absolute atomic E-state index is 0.0228. The second-order valence-corrected chi connectivity index (χ2v) is 1.67. The maximum atomic E-state index is 10.5. The van der Waals surface area contributed by atoms with Crippen LogP contribution in [0, 0.1) is 0 Å². The lowest BCUT2D eigenvalue weighted by molar-refractivity contribution is -0.136. The summed E-state index contributed by atoms with van der Waals surface area (Å²) in [6.45, 7) is 3.19. The molecule has 0 heterocycles. The van der Waals surface area contributed by atoms with E-state index in [-0.39, 0.29) is 6.42 Å². The lowest BCUT2D eigenvalue weighted by Crippen LogP contribution is -2.06. The number of ether oxygens (including phenoxy) is 1. The van der Waals surface area contributed by atoms with Gasteiger partial charge < -0.3 is 10.5 Å². The van der Waals surface area contributed by atoms with Crippen LogP contribution in [-0.2, 0) is 14.3 Å². The van der Waals surface area contributed by atoms with Crippen LogP contribution in [0.15, 0.2) is 25.0 Å². The van der Waals surface area contributed by atoms with E-state index in [0.717, 1.165) is 12.3 Å². The molecule has 11 heavy (non-hydrogen) atoms. The van der Waals surface area contributed by atoms with Gasteiger partial charge in [-0.3, -0.25) is 9.59 Å². The summed E-state index contributed by atoms with van der Waals surface area (Å²) >= 11 is 0. The molecule has 0 aromatic rings. The van der Waals surface area contributed by atoms with E-state index in [1.165, 1.54) is 6.08 Å². The van der Waals surface area contributed by atoms with Gasteiger partial charge in [-0.25, -0.2) is 0 Å². The highest BCUT2D eigenvalue weighted by Crippen LogP contribution is 1.87. The normalized spacial score (nSPS) is 9.45. The molecule has 60 valence electrons. The number of hydrogen-bond donors (Lipinski definition) is 1. The Hall–Kier alpha value is -1.58. The molecule has 0 atom stereocenters. The molecular weight excluding hydrogens is 146 g/mol. The molecule has 0 fully saturated rings. The molecule has 0 aromatic carbocycles. The number of amides is 1. The average Bonchev–Trinajstić information content (AvgIpc) is 1.87. The molecule has 0 aromatic heterocycles. The van der Waals surface area contributed by atoms with Crippen molar-refractivity contribution in [2.24, 2.45) is 5.73 Å². The molecule has 0 radical (unpaired) electrons. The quantitative estimate of drug-likeness (QED) is 0.355. The first-order valence-electron chi connectivity index (χ1n) is 2.93. The zero-order valence-corrected chi connectivity index (χ0v) is 5.95. The Kier molecular flexibility index (Phi) is 4.47. The highest BCUT2D eigenvalue weighted by atomic mass is 16.5. The maximum Gasteiger partial charge on any atom is 0.314 e. The number of carbonyl (C=O) groups excluding carboxylic acids is 2. The summed E-state index contributed by atoms with van der Waals surface area (Å²) in [6.07, 6.45) is 3.48. The third kappa shape index (κ3) is 6.30. The first-order valence-corrected chi connectivity index (χ1v) is 2.93. The van der Waals surface area contributed by atoms with E-state index in [9.17, 15) is 9.59 Å². The number of nitrogens with two attached hydrogens (primary N) is 1. The predicted octanol–water partition coefficient (Wildman–Crippen LogP) is 0.105.